The van der Waals surface area contributed by atoms with Gasteiger partial charge in [0.25, 0.3) is 0 Å². The number of hydrogen-bond acceptors (Lipinski definition) is 0. The molecule has 0 bridgehead atoms. The summed E-state index contributed by atoms with van der Waals surface area (Å²) in [6.07, 6.45) is 1.19. The zero-order valence-electron chi connectivity index (χ0n) is 63.7. The summed E-state index contributed by atoms with van der Waals surface area (Å²) in [7, 11) is 0. The lowest BCUT2D eigenvalue weighted by atomic mass is 9.71. The fraction of sp³-hybridized carbons (Fsp3) is 0.280. The molecule has 0 saturated carbocycles. The summed E-state index contributed by atoms with van der Waals surface area (Å²) in [4.78, 5) is 0. The van der Waals surface area contributed by atoms with Crippen LogP contribution in [0.4, 0.5) is 0 Å². The molecule has 0 N–H and O–H groups in total. The molecule has 518 valence electrons. The van der Waals surface area contributed by atoms with Crippen molar-refractivity contribution in [2.24, 2.45) is 11.3 Å². The molecule has 100 heavy (non-hydrogen) atoms. The van der Waals surface area contributed by atoms with Crippen molar-refractivity contribution in [3.8, 4) is 0 Å². The first-order valence-electron chi connectivity index (χ1n) is 36.5. The maximum Gasteiger partial charge on any atom is 0.0423 e. The standard InChI is InChI=1S/C20H18.C18H22.C15H16.C14H14.C12H18.C11H16.C10H14/c1-20(17-11-5-2-6-12-17,18-13-7-3-8-14-18)19-15-9-4-10-16-19;1-14(15(2)17-10-6-4-7-11-17)16(3)18-12-8-5-9-13-18;1-15(2,13-9-5-3-6-10-13)14-11-7-4-8-12-14;1-12(13-8-4-2-5-9-13)14-10-6-3-7-11-14;1-10(12(2,3)4)11-8-6-5-7-9-11;1-4-11(2,3)10-8-6-5-7-9-10;1-10(2,3)9-7-5-4-6-8-9/h2-16H,1H3;4-16H,1-3H3;3-12H,1-2H3;2-12H,1H3;5-10H,1-4H3;5-9H,4H2,1-3H3;4-8H,1-3H3. The fourth-order valence-electron chi connectivity index (χ4n) is 12.2. The Hall–Kier alpha value is -9.36. The van der Waals surface area contributed by atoms with E-state index in [2.05, 4.69) is 482 Å². The van der Waals surface area contributed by atoms with Gasteiger partial charge in [-0.1, -0.05) is 475 Å². The first-order chi connectivity index (χ1) is 47.9. The molecule has 0 nitrogen and oxygen atoms in total. The second-order valence-electron chi connectivity index (χ2n) is 30.1. The van der Waals surface area contributed by atoms with E-state index in [-0.39, 0.29) is 10.8 Å². The summed E-state index contributed by atoms with van der Waals surface area (Å²) in [5, 5.41) is 0. The van der Waals surface area contributed by atoms with Gasteiger partial charge >= 0.3 is 0 Å². The van der Waals surface area contributed by atoms with Crippen molar-refractivity contribution >= 4 is 0 Å². The van der Waals surface area contributed by atoms with Crippen LogP contribution in [-0.4, -0.2) is 0 Å². The Kier molecular flexibility index (Phi) is 31.9. The molecule has 0 radical (unpaired) electrons. The average Bonchev–Trinajstić information content (AvgIpc) is 0.769. The van der Waals surface area contributed by atoms with E-state index in [1.54, 1.807) is 0 Å². The highest BCUT2D eigenvalue weighted by Gasteiger charge is 2.31. The Bertz CT molecular complexity index is 3780. The fourth-order valence-corrected chi connectivity index (χ4v) is 12.2. The van der Waals surface area contributed by atoms with Gasteiger partial charge in [-0.2, -0.15) is 0 Å². The van der Waals surface area contributed by atoms with Gasteiger partial charge < -0.3 is 0 Å². The predicted octanol–water partition coefficient (Wildman–Crippen LogP) is 28.3. The van der Waals surface area contributed by atoms with Crippen molar-refractivity contribution in [3.05, 3.63) is 431 Å². The van der Waals surface area contributed by atoms with Crippen LogP contribution in [0.15, 0.2) is 364 Å². The van der Waals surface area contributed by atoms with Crippen LogP contribution >= 0.6 is 0 Å². The Balaban J connectivity index is 0.000000186. The van der Waals surface area contributed by atoms with E-state index >= 15 is 0 Å². The molecule has 0 saturated heterocycles. The minimum Gasteiger partial charge on any atom is -0.0646 e. The highest BCUT2D eigenvalue weighted by atomic mass is 14.3. The number of benzene rings is 12. The first-order valence-corrected chi connectivity index (χ1v) is 36.5. The second-order valence-corrected chi connectivity index (χ2v) is 30.1. The lowest BCUT2D eigenvalue weighted by molar-refractivity contribution is 0.339. The van der Waals surface area contributed by atoms with Crippen LogP contribution in [0, 0.1) is 11.3 Å². The molecule has 12 rings (SSSR count). The van der Waals surface area contributed by atoms with Gasteiger partial charge in [0.05, 0.1) is 0 Å². The van der Waals surface area contributed by atoms with Crippen LogP contribution < -0.4 is 0 Å². The molecule has 12 aromatic carbocycles. The van der Waals surface area contributed by atoms with Crippen LogP contribution in [0.3, 0.4) is 0 Å². The lowest BCUT2D eigenvalue weighted by Crippen LogP contribution is -2.25. The molecule has 0 spiro atoms. The highest BCUT2D eigenvalue weighted by Crippen LogP contribution is 2.40. The molecule has 0 aliphatic rings. The van der Waals surface area contributed by atoms with Gasteiger partial charge in [-0.15, -0.1) is 0 Å². The molecular weight excluding hydrogens is 1200 g/mol. The third-order valence-corrected chi connectivity index (χ3v) is 20.5. The monoisotopic (exact) mass is 1320 g/mol. The van der Waals surface area contributed by atoms with E-state index in [0.29, 0.717) is 45.8 Å². The van der Waals surface area contributed by atoms with Gasteiger partial charge in [0, 0.05) is 16.7 Å². The van der Waals surface area contributed by atoms with E-state index in [9.17, 15) is 0 Å². The first kappa shape index (κ1) is 79.6. The molecule has 0 heteroatoms. The molecule has 0 amide bonds. The van der Waals surface area contributed by atoms with Gasteiger partial charge in [0.1, 0.15) is 0 Å². The Morgan fingerprint density at radius 3 is 0.670 bits per heavy atom. The normalized spacial score (nSPS) is 12.4. The molecule has 3 unspecified atom stereocenters. The van der Waals surface area contributed by atoms with Crippen molar-refractivity contribution in [1.29, 1.82) is 0 Å². The molecule has 3 atom stereocenters. The van der Waals surface area contributed by atoms with Crippen molar-refractivity contribution in [3.63, 3.8) is 0 Å². The van der Waals surface area contributed by atoms with Gasteiger partial charge in [-0.25, -0.2) is 0 Å². The summed E-state index contributed by atoms with van der Waals surface area (Å²) in [5.74, 6) is 2.91. The van der Waals surface area contributed by atoms with E-state index in [4.69, 9.17) is 0 Å². The lowest BCUT2D eigenvalue weighted by Gasteiger charge is -2.31. The maximum atomic E-state index is 2.36. The van der Waals surface area contributed by atoms with Crippen LogP contribution in [0.1, 0.15) is 215 Å². The second kappa shape index (κ2) is 40.0. The van der Waals surface area contributed by atoms with E-state index in [1.165, 1.54) is 73.2 Å². The molecule has 0 aliphatic carbocycles. The third-order valence-electron chi connectivity index (χ3n) is 20.5. The van der Waals surface area contributed by atoms with E-state index in [1.807, 2.05) is 0 Å². The zero-order chi connectivity index (χ0) is 72.4. The summed E-state index contributed by atoms with van der Waals surface area (Å²) in [5.41, 5.74) is 17.5. The highest BCUT2D eigenvalue weighted by molar-refractivity contribution is 5.49. The van der Waals surface area contributed by atoms with Crippen LogP contribution in [0.2, 0.25) is 0 Å². The minimum absolute atomic E-state index is 0.0858. The zero-order valence-corrected chi connectivity index (χ0v) is 63.7. The molecular formula is C100H118. The average molecular weight is 1320 g/mol. The molecule has 0 fully saturated rings. The van der Waals surface area contributed by atoms with E-state index < -0.39 is 0 Å². The summed E-state index contributed by atoms with van der Waals surface area (Å²) in [6, 6.07) is 128. The minimum atomic E-state index is -0.121. The quantitative estimate of drug-likeness (QED) is 0.0952. The predicted molar refractivity (Wildman–Crippen MR) is 438 cm³/mol. The number of rotatable bonds is 14. The van der Waals surface area contributed by atoms with Gasteiger partial charge in [-0.05, 0) is 120 Å². The Morgan fingerprint density at radius 2 is 0.440 bits per heavy atom. The smallest absolute Gasteiger partial charge is 0.0423 e. The van der Waals surface area contributed by atoms with Crippen molar-refractivity contribution in [1.82, 2.24) is 0 Å². The van der Waals surface area contributed by atoms with Gasteiger partial charge in [0.2, 0.25) is 0 Å². The summed E-state index contributed by atoms with van der Waals surface area (Å²) in [6.45, 7) is 38.7. The van der Waals surface area contributed by atoms with Crippen LogP contribution in [-0.2, 0) is 21.7 Å². The van der Waals surface area contributed by atoms with E-state index in [0.717, 1.165) is 0 Å². The molecule has 0 aromatic heterocycles. The molecule has 12 aromatic rings. The molecule has 0 heterocycles. The molecule has 0 aliphatic heterocycles. The third kappa shape index (κ3) is 24.8. The Morgan fingerprint density at radius 1 is 0.230 bits per heavy atom. The number of hydrogen-bond donors (Lipinski definition) is 0. The van der Waals surface area contributed by atoms with Crippen molar-refractivity contribution in [2.75, 3.05) is 0 Å². The maximum absolute atomic E-state index is 2.36. The Labute approximate surface area is 607 Å². The van der Waals surface area contributed by atoms with Crippen molar-refractivity contribution in [2.45, 2.75) is 169 Å². The van der Waals surface area contributed by atoms with Crippen LogP contribution in [0.5, 0.6) is 0 Å². The van der Waals surface area contributed by atoms with Crippen molar-refractivity contribution < 1.29 is 0 Å². The summed E-state index contributed by atoms with van der Waals surface area (Å²) < 4.78 is 0. The summed E-state index contributed by atoms with van der Waals surface area (Å²) >= 11 is 0. The SMILES string of the molecule is CC(C)(C)c1ccccc1.CC(C)(c1ccccc1)c1ccccc1.CC(c1ccccc1)(c1ccccc1)c1ccccc1.CC(c1ccccc1)C(C)(C)C.CC(c1ccccc1)C(C)C(C)c1ccccc1.CC(c1ccccc1)c1ccccc1.CCC(C)(C)c1ccccc1. The largest absolute Gasteiger partial charge is 0.0646 e. The van der Waals surface area contributed by atoms with Crippen LogP contribution in [0.25, 0.3) is 0 Å². The topological polar surface area (TPSA) is 0 Å². The van der Waals surface area contributed by atoms with Gasteiger partial charge in [0.15, 0.2) is 0 Å². The van der Waals surface area contributed by atoms with Gasteiger partial charge in [-0.3, -0.25) is 0 Å².